The summed E-state index contributed by atoms with van der Waals surface area (Å²) in [6.07, 6.45) is 6.45. The van der Waals surface area contributed by atoms with Crippen molar-refractivity contribution in [2.24, 2.45) is 10.9 Å². The molecule has 1 saturated carbocycles. The zero-order valence-corrected chi connectivity index (χ0v) is 21.8. The maximum atomic E-state index is 12.6. The van der Waals surface area contributed by atoms with E-state index in [-0.39, 0.29) is 41.8 Å². The van der Waals surface area contributed by atoms with Crippen LogP contribution >= 0.6 is 35.6 Å². The third-order valence-corrected chi connectivity index (χ3v) is 6.10. The van der Waals surface area contributed by atoms with Gasteiger partial charge in [0.15, 0.2) is 5.96 Å². The van der Waals surface area contributed by atoms with E-state index in [1.807, 2.05) is 11.8 Å². The molecule has 32 heavy (non-hydrogen) atoms. The molecule has 2 amide bonds. The lowest BCUT2D eigenvalue weighted by Crippen LogP contribution is -2.45. The van der Waals surface area contributed by atoms with Crippen molar-refractivity contribution in [1.29, 1.82) is 0 Å². The Kier molecular flexibility index (Phi) is 11.6. The highest BCUT2D eigenvalue weighted by Crippen LogP contribution is 2.27. The van der Waals surface area contributed by atoms with Crippen molar-refractivity contribution in [2.75, 3.05) is 31.5 Å². The van der Waals surface area contributed by atoms with E-state index in [1.54, 1.807) is 24.3 Å². The van der Waals surface area contributed by atoms with Crippen LogP contribution in [-0.2, 0) is 9.59 Å². The predicted molar refractivity (Wildman–Crippen MR) is 141 cm³/mol. The summed E-state index contributed by atoms with van der Waals surface area (Å²) in [6.45, 7) is 4.91. The Morgan fingerprint density at radius 3 is 2.56 bits per heavy atom. The van der Waals surface area contributed by atoms with E-state index in [2.05, 4.69) is 20.9 Å². The highest BCUT2D eigenvalue weighted by Gasteiger charge is 2.32. The molecule has 1 aromatic rings. The predicted octanol–water partition coefficient (Wildman–Crippen LogP) is 4.02. The zero-order chi connectivity index (χ0) is 22.1. The zero-order valence-electron chi connectivity index (χ0n) is 18.7. The lowest BCUT2D eigenvalue weighted by atomic mass is 10.1. The normalized spacial score (nSPS) is 18.9. The lowest BCUT2D eigenvalue weighted by molar-refractivity contribution is -0.134. The van der Waals surface area contributed by atoms with E-state index in [0.717, 1.165) is 50.5 Å². The number of rotatable bonds is 8. The smallest absolute Gasteiger partial charge is 0.225 e. The van der Waals surface area contributed by atoms with Gasteiger partial charge in [-0.25, -0.2) is 0 Å². The molecule has 0 aromatic heterocycles. The van der Waals surface area contributed by atoms with Crippen molar-refractivity contribution in [3.8, 4) is 0 Å². The van der Waals surface area contributed by atoms with Gasteiger partial charge in [0.2, 0.25) is 11.8 Å². The second-order valence-electron chi connectivity index (χ2n) is 8.31. The summed E-state index contributed by atoms with van der Waals surface area (Å²) in [5.74, 6) is 1.28. The number of aliphatic imine (C=N–C) groups is 1. The van der Waals surface area contributed by atoms with Crippen LogP contribution in [0.5, 0.6) is 0 Å². The number of carbonyl (C=O) groups is 2. The molecule has 1 aromatic carbocycles. The quantitative estimate of drug-likeness (QED) is 0.189. The van der Waals surface area contributed by atoms with Gasteiger partial charge in [-0.15, -0.1) is 24.0 Å². The number of benzene rings is 1. The molecule has 1 unspecified atom stereocenters. The molecule has 1 atom stereocenters. The summed E-state index contributed by atoms with van der Waals surface area (Å²) in [6, 6.07) is 7.29. The third-order valence-electron chi connectivity index (χ3n) is 5.85. The van der Waals surface area contributed by atoms with Crippen LogP contribution in [0.4, 0.5) is 5.69 Å². The van der Waals surface area contributed by atoms with Gasteiger partial charge in [-0.05, 0) is 56.9 Å². The Labute approximate surface area is 213 Å². The first-order valence-electron chi connectivity index (χ1n) is 11.4. The fraction of sp³-hybridized carbons (Fsp3) is 0.609. The molecule has 3 N–H and O–H groups in total. The highest BCUT2D eigenvalue weighted by atomic mass is 127. The summed E-state index contributed by atoms with van der Waals surface area (Å²) < 4.78 is 0. The number of nitrogens with one attached hydrogen (secondary N) is 3. The van der Waals surface area contributed by atoms with Gasteiger partial charge in [-0.2, -0.15) is 0 Å². The number of halogens is 2. The molecule has 0 radical (unpaired) electrons. The number of nitrogens with zero attached hydrogens (tertiary/aromatic N) is 2. The molecule has 1 aliphatic carbocycles. The largest absolute Gasteiger partial charge is 0.357 e. The Morgan fingerprint density at radius 1 is 1.16 bits per heavy atom. The molecular formula is C23H35ClIN5O2. The van der Waals surface area contributed by atoms with Crippen molar-refractivity contribution in [3.05, 3.63) is 29.3 Å². The standard InChI is InChI=1S/C23H34ClN5O2.HI/c1-2-25-23(26-14-5-8-21(30)27-19-11-9-18(24)10-12-19)28-20-13-15-29(16-20)22(31)17-6-3-4-7-17;/h9-12,17,20H,2-8,13-16H2,1H3,(H,27,30)(H2,25,26,28);1H. The SMILES string of the molecule is CCNC(=NCCCC(=O)Nc1ccc(Cl)cc1)NC1CCN(C(=O)C2CCCC2)C1.I. The number of hydrogen-bond donors (Lipinski definition) is 3. The average Bonchev–Trinajstić information content (AvgIpc) is 3.45. The molecule has 0 spiro atoms. The van der Waals surface area contributed by atoms with Crippen molar-refractivity contribution >= 4 is 59.0 Å². The van der Waals surface area contributed by atoms with Crippen LogP contribution in [0, 0.1) is 5.92 Å². The van der Waals surface area contributed by atoms with Crippen LogP contribution < -0.4 is 16.0 Å². The van der Waals surface area contributed by atoms with Crippen LogP contribution in [0.2, 0.25) is 5.02 Å². The molecule has 0 bridgehead atoms. The summed E-state index contributed by atoms with van der Waals surface area (Å²) in [5.41, 5.74) is 0.742. The molecular weight excluding hydrogens is 541 g/mol. The van der Waals surface area contributed by atoms with Crippen LogP contribution in [0.25, 0.3) is 0 Å². The lowest BCUT2D eigenvalue weighted by Gasteiger charge is -2.21. The van der Waals surface area contributed by atoms with Gasteiger partial charge >= 0.3 is 0 Å². The van der Waals surface area contributed by atoms with Crippen molar-refractivity contribution in [3.63, 3.8) is 0 Å². The Hall–Kier alpha value is -1.55. The van der Waals surface area contributed by atoms with Gasteiger partial charge in [-0.3, -0.25) is 14.6 Å². The molecule has 1 saturated heterocycles. The van der Waals surface area contributed by atoms with Crippen LogP contribution in [0.3, 0.4) is 0 Å². The van der Waals surface area contributed by atoms with Gasteiger partial charge < -0.3 is 20.9 Å². The van der Waals surface area contributed by atoms with Crippen molar-refractivity contribution in [2.45, 2.75) is 57.9 Å². The number of amides is 2. The molecule has 7 nitrogen and oxygen atoms in total. The van der Waals surface area contributed by atoms with Gasteiger partial charge in [0.05, 0.1) is 0 Å². The summed E-state index contributed by atoms with van der Waals surface area (Å²) >= 11 is 5.86. The summed E-state index contributed by atoms with van der Waals surface area (Å²) in [5, 5.41) is 10.2. The molecule has 178 valence electrons. The van der Waals surface area contributed by atoms with E-state index in [0.29, 0.717) is 30.3 Å². The topological polar surface area (TPSA) is 85.8 Å². The van der Waals surface area contributed by atoms with E-state index in [4.69, 9.17) is 11.6 Å². The third kappa shape index (κ3) is 8.42. The van der Waals surface area contributed by atoms with Gasteiger partial charge in [-0.1, -0.05) is 24.4 Å². The molecule has 1 heterocycles. The fourth-order valence-corrected chi connectivity index (χ4v) is 4.34. The van der Waals surface area contributed by atoms with E-state index < -0.39 is 0 Å². The van der Waals surface area contributed by atoms with Crippen LogP contribution in [0.1, 0.15) is 51.9 Å². The highest BCUT2D eigenvalue weighted by molar-refractivity contribution is 14.0. The van der Waals surface area contributed by atoms with E-state index in [9.17, 15) is 9.59 Å². The second kappa shape index (κ2) is 13.9. The number of hydrogen-bond acceptors (Lipinski definition) is 3. The van der Waals surface area contributed by atoms with Gasteiger partial charge in [0, 0.05) is 55.3 Å². The molecule has 2 fully saturated rings. The molecule has 3 rings (SSSR count). The second-order valence-corrected chi connectivity index (χ2v) is 8.75. The molecule has 2 aliphatic rings. The minimum absolute atomic E-state index is 0. The minimum Gasteiger partial charge on any atom is -0.357 e. The summed E-state index contributed by atoms with van der Waals surface area (Å²) in [4.78, 5) is 31.3. The fourth-order valence-electron chi connectivity index (χ4n) is 4.21. The maximum absolute atomic E-state index is 12.6. The van der Waals surface area contributed by atoms with Crippen LogP contribution in [-0.4, -0.2) is 54.9 Å². The number of anilines is 1. The first-order valence-corrected chi connectivity index (χ1v) is 11.8. The van der Waals surface area contributed by atoms with Crippen molar-refractivity contribution < 1.29 is 9.59 Å². The van der Waals surface area contributed by atoms with E-state index in [1.165, 1.54) is 12.8 Å². The summed E-state index contributed by atoms with van der Waals surface area (Å²) in [7, 11) is 0. The minimum atomic E-state index is -0.0349. The molecule has 9 heteroatoms. The molecule has 1 aliphatic heterocycles. The Bertz CT molecular complexity index is 768. The Morgan fingerprint density at radius 2 is 1.88 bits per heavy atom. The average molecular weight is 576 g/mol. The Balaban J connectivity index is 0.00000363. The number of likely N-dealkylation sites (tertiary alicyclic amines) is 1. The number of guanidine groups is 1. The van der Waals surface area contributed by atoms with Gasteiger partial charge in [0.25, 0.3) is 0 Å². The maximum Gasteiger partial charge on any atom is 0.225 e. The van der Waals surface area contributed by atoms with Crippen molar-refractivity contribution in [1.82, 2.24) is 15.5 Å². The van der Waals surface area contributed by atoms with Crippen LogP contribution in [0.15, 0.2) is 29.3 Å². The number of carbonyl (C=O) groups excluding carboxylic acids is 2. The first-order chi connectivity index (χ1) is 15.0. The van der Waals surface area contributed by atoms with E-state index >= 15 is 0 Å². The first kappa shape index (κ1) is 26.7. The monoisotopic (exact) mass is 575 g/mol. The van der Waals surface area contributed by atoms with Gasteiger partial charge in [0.1, 0.15) is 0 Å².